The van der Waals surface area contributed by atoms with E-state index < -0.39 is 0 Å². The van der Waals surface area contributed by atoms with Crippen LogP contribution in [-0.4, -0.2) is 10.3 Å². The van der Waals surface area contributed by atoms with E-state index in [2.05, 4.69) is 58.5 Å². The molecule has 94 valence electrons. The normalized spacial score (nSPS) is 13.1. The molecule has 2 unspecified atom stereocenters. The zero-order valence-corrected chi connectivity index (χ0v) is 12.7. The number of isothiocyanates is 2. The predicted molar refractivity (Wildman–Crippen MR) is 82.8 cm³/mol. The minimum absolute atomic E-state index is 0.0137. The van der Waals surface area contributed by atoms with E-state index in [1.165, 1.54) is 11.1 Å². The Morgan fingerprint density at radius 3 is 2.11 bits per heavy atom. The number of rotatable bonds is 4. The van der Waals surface area contributed by atoms with Crippen molar-refractivity contribution in [1.29, 1.82) is 0 Å². The van der Waals surface area contributed by atoms with Crippen molar-refractivity contribution in [2.75, 3.05) is 0 Å². The number of thiocarbonyl (C=S) groups is 2. The van der Waals surface area contributed by atoms with Crippen LogP contribution in [0.15, 0.2) is 22.1 Å². The Morgan fingerprint density at radius 2 is 1.56 bits per heavy atom. The Kier molecular flexibility index (Phi) is 5.52. The minimum atomic E-state index is -0.0143. The molecule has 0 saturated heterocycles. The van der Waals surface area contributed by atoms with Crippen molar-refractivity contribution in [2.24, 2.45) is 9.98 Å². The molecule has 0 amide bonds. The van der Waals surface area contributed by atoms with Gasteiger partial charge < -0.3 is 0 Å². The molecule has 0 aliphatic rings. The zero-order chi connectivity index (χ0) is 13.7. The van der Waals surface area contributed by atoms with Crippen LogP contribution < -0.4 is 0 Å². The van der Waals surface area contributed by atoms with Crippen molar-refractivity contribution >= 4 is 34.8 Å². The van der Waals surface area contributed by atoms with Crippen LogP contribution in [0.5, 0.6) is 0 Å². The predicted octanol–water partition coefficient (Wildman–Crippen LogP) is 4.63. The summed E-state index contributed by atoms with van der Waals surface area (Å²) >= 11 is 9.37. The second-order valence-electron chi connectivity index (χ2n) is 4.30. The van der Waals surface area contributed by atoms with Crippen molar-refractivity contribution < 1.29 is 0 Å². The van der Waals surface area contributed by atoms with E-state index in [-0.39, 0.29) is 12.1 Å². The standard InChI is InChI=1S/C14H16N2S2/c1-9-5-6-13(11(3)15-7-17)14(10(9)2)12(4)16-8-18/h5-6,11-12H,1-4H3. The maximum atomic E-state index is 4.70. The number of hydrogen-bond acceptors (Lipinski definition) is 4. The SMILES string of the molecule is Cc1ccc(C(C)N=C=S)c(C(C)N=C=S)c1C. The summed E-state index contributed by atoms with van der Waals surface area (Å²) < 4.78 is 0. The summed E-state index contributed by atoms with van der Waals surface area (Å²) in [5, 5.41) is 4.89. The fourth-order valence-electron chi connectivity index (χ4n) is 2.07. The van der Waals surface area contributed by atoms with Crippen molar-refractivity contribution in [1.82, 2.24) is 0 Å². The summed E-state index contributed by atoms with van der Waals surface area (Å²) in [4.78, 5) is 8.32. The van der Waals surface area contributed by atoms with Gasteiger partial charge in [0.2, 0.25) is 0 Å². The number of hydrogen-bond donors (Lipinski definition) is 0. The van der Waals surface area contributed by atoms with E-state index in [9.17, 15) is 0 Å². The molecule has 4 heteroatoms. The number of aryl methyl sites for hydroxylation is 1. The number of benzene rings is 1. The Hall–Kier alpha value is -1.18. The van der Waals surface area contributed by atoms with Gasteiger partial charge in [-0.25, -0.2) is 9.98 Å². The van der Waals surface area contributed by atoms with Crippen LogP contribution in [0.2, 0.25) is 0 Å². The largest absolute Gasteiger partial charge is 0.225 e. The molecule has 0 aliphatic carbocycles. The summed E-state index contributed by atoms with van der Waals surface area (Å²) in [5.41, 5.74) is 4.74. The number of aliphatic imine (C=N–C) groups is 2. The molecule has 0 bridgehead atoms. The average Bonchev–Trinajstić information content (AvgIpc) is 2.32. The molecule has 1 aromatic rings. The Bertz CT molecular complexity index is 539. The second kappa shape index (κ2) is 6.67. The smallest absolute Gasteiger partial charge is 0.0830 e. The first-order chi connectivity index (χ1) is 8.52. The van der Waals surface area contributed by atoms with Crippen molar-refractivity contribution in [3.05, 3.63) is 34.4 Å². The van der Waals surface area contributed by atoms with Gasteiger partial charge in [-0.1, -0.05) is 12.1 Å². The van der Waals surface area contributed by atoms with Gasteiger partial charge in [0.25, 0.3) is 0 Å². The lowest BCUT2D eigenvalue weighted by Gasteiger charge is -2.19. The molecule has 0 saturated carbocycles. The van der Waals surface area contributed by atoms with Crippen molar-refractivity contribution in [3.63, 3.8) is 0 Å². The summed E-state index contributed by atoms with van der Waals surface area (Å²) in [6.07, 6.45) is 0. The molecule has 0 aliphatic heterocycles. The van der Waals surface area contributed by atoms with E-state index in [1.807, 2.05) is 13.8 Å². The van der Waals surface area contributed by atoms with Crippen molar-refractivity contribution in [2.45, 2.75) is 39.8 Å². The van der Waals surface area contributed by atoms with E-state index in [0.717, 1.165) is 11.1 Å². The first-order valence-corrected chi connectivity index (χ1v) is 6.58. The summed E-state index contributed by atoms with van der Waals surface area (Å²) in [6, 6.07) is 4.14. The third-order valence-electron chi connectivity index (χ3n) is 3.18. The molecule has 2 atom stereocenters. The number of nitrogens with zero attached hydrogens (tertiary/aromatic N) is 2. The molecule has 1 aromatic carbocycles. The third-order valence-corrected chi connectivity index (χ3v) is 3.39. The van der Waals surface area contributed by atoms with Gasteiger partial charge in [0, 0.05) is 0 Å². The molecular formula is C14H16N2S2. The van der Waals surface area contributed by atoms with Crippen LogP contribution in [-0.2, 0) is 0 Å². The molecule has 0 radical (unpaired) electrons. The third kappa shape index (κ3) is 3.18. The van der Waals surface area contributed by atoms with Crippen LogP contribution in [0.25, 0.3) is 0 Å². The van der Waals surface area contributed by atoms with Crippen LogP contribution in [0, 0.1) is 13.8 Å². The van der Waals surface area contributed by atoms with Crippen LogP contribution in [0.4, 0.5) is 0 Å². The molecule has 0 N–H and O–H groups in total. The van der Waals surface area contributed by atoms with Gasteiger partial charge in [-0.3, -0.25) is 0 Å². The zero-order valence-electron chi connectivity index (χ0n) is 11.0. The average molecular weight is 276 g/mol. The van der Waals surface area contributed by atoms with Gasteiger partial charge in [-0.2, -0.15) is 0 Å². The lowest BCUT2D eigenvalue weighted by molar-refractivity contribution is 0.748. The van der Waals surface area contributed by atoms with E-state index >= 15 is 0 Å². The highest BCUT2D eigenvalue weighted by atomic mass is 32.1. The maximum absolute atomic E-state index is 4.70. The summed E-state index contributed by atoms with van der Waals surface area (Å²) in [7, 11) is 0. The lowest BCUT2D eigenvalue weighted by Crippen LogP contribution is -2.04. The topological polar surface area (TPSA) is 24.7 Å². The van der Waals surface area contributed by atoms with Gasteiger partial charge >= 0.3 is 0 Å². The van der Waals surface area contributed by atoms with Gasteiger partial charge in [0.05, 0.1) is 22.4 Å². The second-order valence-corrected chi connectivity index (χ2v) is 4.67. The van der Waals surface area contributed by atoms with Gasteiger partial charge in [-0.05, 0) is 74.4 Å². The summed E-state index contributed by atoms with van der Waals surface area (Å²) in [6.45, 7) is 8.19. The van der Waals surface area contributed by atoms with E-state index in [1.54, 1.807) is 0 Å². The highest BCUT2D eigenvalue weighted by molar-refractivity contribution is 7.78. The highest BCUT2D eigenvalue weighted by Gasteiger charge is 2.17. The van der Waals surface area contributed by atoms with Crippen LogP contribution in [0.3, 0.4) is 0 Å². The quantitative estimate of drug-likeness (QED) is 0.591. The molecule has 0 aromatic heterocycles. The molecule has 0 spiro atoms. The fourth-order valence-corrected chi connectivity index (χ4v) is 2.39. The monoisotopic (exact) mass is 276 g/mol. The Balaban J connectivity index is 3.47. The van der Waals surface area contributed by atoms with Crippen molar-refractivity contribution in [3.8, 4) is 0 Å². The molecule has 0 fully saturated rings. The van der Waals surface area contributed by atoms with E-state index in [0.29, 0.717) is 0 Å². The molecular weight excluding hydrogens is 260 g/mol. The van der Waals surface area contributed by atoms with Crippen LogP contribution >= 0.6 is 24.4 Å². The Labute approximate surface area is 119 Å². The fraction of sp³-hybridized carbons (Fsp3) is 0.429. The van der Waals surface area contributed by atoms with Gasteiger partial charge in [0.1, 0.15) is 0 Å². The van der Waals surface area contributed by atoms with Gasteiger partial charge in [-0.15, -0.1) is 0 Å². The maximum Gasteiger partial charge on any atom is 0.0830 e. The first kappa shape index (κ1) is 14.9. The van der Waals surface area contributed by atoms with E-state index in [4.69, 9.17) is 12.2 Å². The summed E-state index contributed by atoms with van der Waals surface area (Å²) in [5.74, 6) is 0. The highest BCUT2D eigenvalue weighted by Crippen LogP contribution is 2.32. The first-order valence-electron chi connectivity index (χ1n) is 5.76. The molecule has 0 heterocycles. The Morgan fingerprint density at radius 1 is 1.00 bits per heavy atom. The van der Waals surface area contributed by atoms with Gasteiger partial charge in [0.15, 0.2) is 0 Å². The minimum Gasteiger partial charge on any atom is -0.225 e. The molecule has 1 rings (SSSR count). The molecule has 2 nitrogen and oxygen atoms in total. The lowest BCUT2D eigenvalue weighted by atomic mass is 9.90. The molecule has 18 heavy (non-hydrogen) atoms. The van der Waals surface area contributed by atoms with Crippen LogP contribution in [0.1, 0.15) is 48.2 Å².